The van der Waals surface area contributed by atoms with Crippen molar-refractivity contribution in [1.29, 1.82) is 0 Å². The molecular formula is C20H23N5O2. The van der Waals surface area contributed by atoms with Gasteiger partial charge in [0, 0.05) is 43.3 Å². The van der Waals surface area contributed by atoms with Crippen LogP contribution in [0.25, 0.3) is 11.1 Å². The average molecular weight is 365 g/mol. The lowest BCUT2D eigenvalue weighted by atomic mass is 10.1. The highest BCUT2D eigenvalue weighted by Gasteiger charge is 2.34. The largest absolute Gasteiger partial charge is 0.391 e. The van der Waals surface area contributed by atoms with Crippen LogP contribution < -0.4 is 5.32 Å². The number of carbonyl (C=O) groups is 1. The molecule has 0 aliphatic heterocycles. The molecule has 2 N–H and O–H groups in total. The van der Waals surface area contributed by atoms with Crippen LogP contribution in [0, 0.1) is 5.92 Å². The van der Waals surface area contributed by atoms with E-state index in [9.17, 15) is 9.90 Å². The van der Waals surface area contributed by atoms with Crippen molar-refractivity contribution in [3.63, 3.8) is 0 Å². The Morgan fingerprint density at radius 2 is 2.04 bits per heavy atom. The Labute approximate surface area is 157 Å². The summed E-state index contributed by atoms with van der Waals surface area (Å²) in [5, 5.41) is 21.7. The highest BCUT2D eigenvalue weighted by atomic mass is 16.3. The number of aromatic nitrogens is 4. The zero-order chi connectivity index (χ0) is 18.8. The number of rotatable bonds is 5. The standard InChI is InChI=1S/C20H23N5O2/c1-24-13-17(11-22-24)15-3-5-16(6-4-15)20(27)23-18-9-14(10-19(18)26)12-25-8-2-7-21-25/h2-8,11,13-14,18-19,26H,9-10,12H2,1H3,(H,23,27)/t14?,18-,19-/m1/s1. The molecule has 2 aromatic heterocycles. The van der Waals surface area contributed by atoms with Crippen molar-refractivity contribution < 1.29 is 9.90 Å². The summed E-state index contributed by atoms with van der Waals surface area (Å²) < 4.78 is 3.62. The second kappa shape index (κ2) is 7.36. The third-order valence-electron chi connectivity index (χ3n) is 5.13. The third-order valence-corrected chi connectivity index (χ3v) is 5.13. The van der Waals surface area contributed by atoms with Gasteiger partial charge in [-0.3, -0.25) is 14.2 Å². The molecule has 7 nitrogen and oxygen atoms in total. The maximum absolute atomic E-state index is 12.6. The van der Waals surface area contributed by atoms with Gasteiger partial charge in [0.2, 0.25) is 0 Å². The van der Waals surface area contributed by atoms with Gasteiger partial charge in [-0.15, -0.1) is 0 Å². The first-order valence-electron chi connectivity index (χ1n) is 9.14. The van der Waals surface area contributed by atoms with Gasteiger partial charge in [0.15, 0.2) is 0 Å². The summed E-state index contributed by atoms with van der Waals surface area (Å²) in [7, 11) is 1.87. The van der Waals surface area contributed by atoms with E-state index in [4.69, 9.17) is 0 Å². The molecular weight excluding hydrogens is 342 g/mol. The summed E-state index contributed by atoms with van der Waals surface area (Å²) in [4.78, 5) is 12.6. The fourth-order valence-electron chi connectivity index (χ4n) is 3.73. The topological polar surface area (TPSA) is 85.0 Å². The van der Waals surface area contributed by atoms with Gasteiger partial charge in [0.1, 0.15) is 0 Å². The van der Waals surface area contributed by atoms with E-state index >= 15 is 0 Å². The summed E-state index contributed by atoms with van der Waals surface area (Å²) in [6.07, 6.45) is 8.30. The van der Waals surface area contributed by atoms with Gasteiger partial charge in [-0.2, -0.15) is 10.2 Å². The van der Waals surface area contributed by atoms with Crippen molar-refractivity contribution in [1.82, 2.24) is 24.9 Å². The molecule has 0 radical (unpaired) electrons. The van der Waals surface area contributed by atoms with Crippen molar-refractivity contribution in [3.05, 3.63) is 60.7 Å². The lowest BCUT2D eigenvalue weighted by Crippen LogP contribution is -2.39. The number of nitrogens with zero attached hydrogens (tertiary/aromatic N) is 4. The van der Waals surface area contributed by atoms with E-state index in [2.05, 4.69) is 15.5 Å². The molecule has 1 amide bonds. The maximum Gasteiger partial charge on any atom is 0.251 e. The van der Waals surface area contributed by atoms with Gasteiger partial charge in [-0.05, 0) is 42.5 Å². The second-order valence-corrected chi connectivity index (χ2v) is 7.19. The van der Waals surface area contributed by atoms with Crippen molar-refractivity contribution in [2.75, 3.05) is 0 Å². The lowest BCUT2D eigenvalue weighted by Gasteiger charge is -2.16. The first kappa shape index (κ1) is 17.5. The van der Waals surface area contributed by atoms with Crippen LogP contribution >= 0.6 is 0 Å². The maximum atomic E-state index is 12.6. The first-order valence-corrected chi connectivity index (χ1v) is 9.14. The molecule has 2 heterocycles. The zero-order valence-electron chi connectivity index (χ0n) is 15.2. The Morgan fingerprint density at radius 3 is 2.70 bits per heavy atom. The van der Waals surface area contributed by atoms with Gasteiger partial charge >= 0.3 is 0 Å². The molecule has 4 rings (SSSR count). The fourth-order valence-corrected chi connectivity index (χ4v) is 3.73. The van der Waals surface area contributed by atoms with E-state index in [1.165, 1.54) is 0 Å². The number of benzene rings is 1. The predicted molar refractivity (Wildman–Crippen MR) is 101 cm³/mol. The Morgan fingerprint density at radius 1 is 1.22 bits per heavy atom. The van der Waals surface area contributed by atoms with Crippen LogP contribution in [-0.4, -0.2) is 42.7 Å². The van der Waals surface area contributed by atoms with E-state index in [0.717, 1.165) is 24.1 Å². The highest BCUT2D eigenvalue weighted by molar-refractivity contribution is 5.94. The zero-order valence-corrected chi connectivity index (χ0v) is 15.2. The summed E-state index contributed by atoms with van der Waals surface area (Å²) in [5.74, 6) is 0.148. The Kier molecular flexibility index (Phi) is 4.77. The summed E-state index contributed by atoms with van der Waals surface area (Å²) in [6.45, 7) is 0.760. The smallest absolute Gasteiger partial charge is 0.251 e. The summed E-state index contributed by atoms with van der Waals surface area (Å²) in [5.41, 5.74) is 2.61. The first-order chi connectivity index (χ1) is 13.1. The van der Waals surface area contributed by atoms with Crippen LogP contribution in [0.5, 0.6) is 0 Å². The minimum Gasteiger partial charge on any atom is -0.391 e. The normalized spacial score (nSPS) is 22.1. The molecule has 3 atom stereocenters. The van der Waals surface area contributed by atoms with Crippen molar-refractivity contribution in [3.8, 4) is 11.1 Å². The van der Waals surface area contributed by atoms with E-state index in [0.29, 0.717) is 17.9 Å². The number of aliphatic hydroxyl groups is 1. The van der Waals surface area contributed by atoms with Crippen LogP contribution in [0.3, 0.4) is 0 Å². The quantitative estimate of drug-likeness (QED) is 0.723. The lowest BCUT2D eigenvalue weighted by molar-refractivity contribution is 0.0873. The highest BCUT2D eigenvalue weighted by Crippen LogP contribution is 2.28. The second-order valence-electron chi connectivity index (χ2n) is 7.19. The summed E-state index contributed by atoms with van der Waals surface area (Å²) >= 11 is 0. The fraction of sp³-hybridized carbons (Fsp3) is 0.350. The van der Waals surface area contributed by atoms with Crippen LogP contribution in [-0.2, 0) is 13.6 Å². The number of aryl methyl sites for hydroxylation is 1. The molecule has 0 bridgehead atoms. The molecule has 1 fully saturated rings. The van der Waals surface area contributed by atoms with Gasteiger partial charge in [0.25, 0.3) is 5.91 Å². The number of nitrogens with one attached hydrogen (secondary N) is 1. The Hall–Kier alpha value is -2.93. The number of aliphatic hydroxyl groups excluding tert-OH is 1. The SMILES string of the molecule is Cn1cc(-c2ccc(C(=O)N[C@@H]3CC(Cn4cccn4)C[C@H]3O)cc2)cn1. The Bertz CT molecular complexity index is 901. The molecule has 1 unspecified atom stereocenters. The molecule has 140 valence electrons. The molecule has 1 saturated carbocycles. The molecule has 27 heavy (non-hydrogen) atoms. The average Bonchev–Trinajstić information content (AvgIpc) is 3.39. The van der Waals surface area contributed by atoms with Gasteiger partial charge in [-0.1, -0.05) is 12.1 Å². The number of hydrogen-bond acceptors (Lipinski definition) is 4. The minimum absolute atomic E-state index is 0.156. The van der Waals surface area contributed by atoms with Crippen molar-refractivity contribution in [2.24, 2.45) is 13.0 Å². The Balaban J connectivity index is 1.37. The predicted octanol–water partition coefficient (Wildman–Crippen LogP) is 1.85. The number of amides is 1. The summed E-state index contributed by atoms with van der Waals surface area (Å²) in [6, 6.07) is 9.10. The molecule has 3 aromatic rings. The van der Waals surface area contributed by atoms with Gasteiger partial charge in [-0.25, -0.2) is 0 Å². The van der Waals surface area contributed by atoms with Crippen LogP contribution in [0.1, 0.15) is 23.2 Å². The molecule has 1 aliphatic rings. The van der Waals surface area contributed by atoms with Gasteiger partial charge < -0.3 is 10.4 Å². The van der Waals surface area contributed by atoms with Gasteiger partial charge in [0.05, 0.1) is 18.3 Å². The monoisotopic (exact) mass is 365 g/mol. The van der Waals surface area contributed by atoms with E-state index in [-0.39, 0.29) is 11.9 Å². The molecule has 0 saturated heterocycles. The number of hydrogen-bond donors (Lipinski definition) is 2. The molecule has 1 aliphatic carbocycles. The number of carbonyl (C=O) groups excluding carboxylic acids is 1. The van der Waals surface area contributed by atoms with E-state index in [1.54, 1.807) is 29.2 Å². The van der Waals surface area contributed by atoms with Crippen LogP contribution in [0.4, 0.5) is 0 Å². The van der Waals surface area contributed by atoms with Crippen molar-refractivity contribution >= 4 is 5.91 Å². The third kappa shape index (κ3) is 3.93. The van der Waals surface area contributed by atoms with Crippen LogP contribution in [0.2, 0.25) is 0 Å². The van der Waals surface area contributed by atoms with Crippen molar-refractivity contribution in [2.45, 2.75) is 31.5 Å². The van der Waals surface area contributed by atoms with E-state index in [1.807, 2.05) is 42.3 Å². The molecule has 0 spiro atoms. The van der Waals surface area contributed by atoms with E-state index < -0.39 is 6.10 Å². The molecule has 1 aromatic carbocycles. The van der Waals surface area contributed by atoms with Crippen LogP contribution in [0.15, 0.2) is 55.1 Å². The minimum atomic E-state index is -0.524. The molecule has 7 heteroatoms.